The van der Waals surface area contributed by atoms with Crippen molar-refractivity contribution in [3.8, 4) is 55.8 Å². The molecule has 0 amide bonds. The van der Waals surface area contributed by atoms with E-state index in [-0.39, 0.29) is 49.2 Å². The van der Waals surface area contributed by atoms with Gasteiger partial charge in [-0.1, -0.05) is 169 Å². The molecule has 0 fully saturated rings. The van der Waals surface area contributed by atoms with E-state index >= 15 is 0 Å². The monoisotopic (exact) mass is 615 g/mol. The van der Waals surface area contributed by atoms with Crippen molar-refractivity contribution in [1.29, 1.82) is 0 Å². The normalized spacial score (nSPS) is 16.5. The summed E-state index contributed by atoms with van der Waals surface area (Å²) < 4.78 is 160. The van der Waals surface area contributed by atoms with E-state index in [4.69, 9.17) is 19.5 Å². The number of fused-ring (bicyclic) bond motifs is 3. The van der Waals surface area contributed by atoms with Gasteiger partial charge in [0.1, 0.15) is 11.3 Å². The molecule has 0 aliphatic carbocycles. The van der Waals surface area contributed by atoms with Gasteiger partial charge in [0.15, 0.2) is 0 Å². The summed E-state index contributed by atoms with van der Waals surface area (Å²) in [6.45, 7) is 0. The van der Waals surface area contributed by atoms with Gasteiger partial charge in [0.2, 0.25) is 0 Å². The number of benzene rings is 8. The summed E-state index contributed by atoms with van der Waals surface area (Å²) in [6, 6.07) is 10.6. The van der Waals surface area contributed by atoms with E-state index < -0.39 is 125 Å². The van der Waals surface area contributed by atoms with Crippen LogP contribution in [0.4, 0.5) is 0 Å². The molecule has 9 aromatic rings. The maximum Gasteiger partial charge on any atom is 0.143 e. The minimum Gasteiger partial charge on any atom is -0.455 e. The lowest BCUT2D eigenvalue weighted by Crippen LogP contribution is -1.92. The highest BCUT2D eigenvalue weighted by Crippen LogP contribution is 2.51. The van der Waals surface area contributed by atoms with E-state index in [0.717, 1.165) is 5.56 Å². The van der Waals surface area contributed by atoms with Crippen LogP contribution in [0.1, 0.15) is 23.3 Å². The molecule has 0 spiro atoms. The first-order chi connectivity index (χ1) is 30.4. The van der Waals surface area contributed by atoms with Crippen LogP contribution in [0, 0.1) is 0 Å². The van der Waals surface area contributed by atoms with E-state index in [0.29, 0.717) is 11.1 Å². The van der Waals surface area contributed by atoms with Gasteiger partial charge in [-0.2, -0.15) is 0 Å². The van der Waals surface area contributed by atoms with Gasteiger partial charge in [-0.3, -0.25) is 0 Å². The summed E-state index contributed by atoms with van der Waals surface area (Å²) in [5.41, 5.74) is -0.0158. The maximum absolute atomic E-state index is 9.55. The standard InChI is InChI=1S/C46H30O/c1-4-16-31(17-5-1)34-28-29-41-42(30-34)47-46(40-27-15-10-22-35(40)32-18-6-2-7-19-32)45(41)44-38-25-13-11-23-36(38)43(33-20-8-3-9-21-33)37-24-12-14-26-39(37)44/h1-30H/i2D,6D,7D,10D,11D,12D,13D,14D,15D,18D,19D,22D,23D,24D,25D,26D,27D. The van der Waals surface area contributed by atoms with E-state index in [1.807, 2.05) is 30.3 Å². The van der Waals surface area contributed by atoms with Crippen molar-refractivity contribution < 1.29 is 27.7 Å². The molecule has 1 aromatic heterocycles. The molecule has 1 nitrogen and oxygen atoms in total. The zero-order valence-corrected chi connectivity index (χ0v) is 24.4. The van der Waals surface area contributed by atoms with Gasteiger partial charge in [0.25, 0.3) is 0 Å². The lowest BCUT2D eigenvalue weighted by Gasteiger charge is -2.18. The molecule has 0 saturated carbocycles. The molecule has 0 N–H and O–H groups in total. The lowest BCUT2D eigenvalue weighted by molar-refractivity contribution is 0.633. The summed E-state index contributed by atoms with van der Waals surface area (Å²) in [4.78, 5) is 0. The highest BCUT2D eigenvalue weighted by atomic mass is 16.3. The van der Waals surface area contributed by atoms with Crippen molar-refractivity contribution in [1.82, 2.24) is 0 Å². The fraction of sp³-hybridized carbons (Fsp3) is 0. The number of furan rings is 1. The predicted octanol–water partition coefficient (Wildman–Crippen LogP) is 13.1. The minimum absolute atomic E-state index is 0.0703. The van der Waals surface area contributed by atoms with E-state index in [1.165, 1.54) is 0 Å². The van der Waals surface area contributed by atoms with E-state index in [2.05, 4.69) is 0 Å². The van der Waals surface area contributed by atoms with Crippen LogP contribution in [0.2, 0.25) is 0 Å². The SMILES string of the molecule is [2H]c1c([2H])c([2H])c(-c2c([2H])c([2H])c([2H])c([2H])c2-c2oc3cc(-c4ccccc4)ccc3c2-c2c3c([2H])c([2H])c([2H])c([2H])c3c(-c3ccccc3)c3c([2H])c([2H])c([2H])c([2H])c23)c([2H])c1[2H]. The predicted molar refractivity (Wildman–Crippen MR) is 198 cm³/mol. The van der Waals surface area contributed by atoms with Crippen molar-refractivity contribution in [3.05, 3.63) is 182 Å². The molecule has 0 aliphatic rings. The van der Waals surface area contributed by atoms with Gasteiger partial charge in [-0.25, -0.2) is 0 Å². The molecule has 1 heteroatoms. The molecule has 47 heavy (non-hydrogen) atoms. The topological polar surface area (TPSA) is 13.1 Å². The second kappa shape index (κ2) is 11.3. The second-order valence-corrected chi connectivity index (χ2v) is 10.7. The van der Waals surface area contributed by atoms with Crippen LogP contribution < -0.4 is 0 Å². The van der Waals surface area contributed by atoms with Crippen LogP contribution in [0.15, 0.2) is 186 Å². The lowest BCUT2D eigenvalue weighted by atomic mass is 9.84. The third-order valence-corrected chi connectivity index (χ3v) is 8.15. The highest BCUT2D eigenvalue weighted by molar-refractivity contribution is 6.25. The van der Waals surface area contributed by atoms with Gasteiger partial charge in [-0.05, 0) is 67.1 Å². The molecule has 0 atom stereocenters. The Morgan fingerprint density at radius 2 is 0.894 bits per heavy atom. The van der Waals surface area contributed by atoms with Crippen molar-refractivity contribution in [2.45, 2.75) is 0 Å². The van der Waals surface area contributed by atoms with Gasteiger partial charge < -0.3 is 4.42 Å². The fourth-order valence-corrected chi connectivity index (χ4v) is 6.14. The molecule has 8 aromatic carbocycles. The van der Waals surface area contributed by atoms with Gasteiger partial charge in [0, 0.05) is 22.1 Å². The molecule has 9 rings (SSSR count). The first kappa shape index (κ1) is 14.9. The van der Waals surface area contributed by atoms with Crippen molar-refractivity contribution in [2.75, 3.05) is 0 Å². The Hall–Kier alpha value is -6.18. The Kier molecular flexibility index (Phi) is 3.60. The Labute approximate surface area is 297 Å². The molecule has 220 valence electrons. The molecule has 1 heterocycles. The summed E-state index contributed by atoms with van der Waals surface area (Å²) in [5.74, 6) is -0.399. The van der Waals surface area contributed by atoms with Crippen LogP contribution in [-0.4, -0.2) is 0 Å². The quantitative estimate of drug-likeness (QED) is 0.176. The van der Waals surface area contributed by atoms with Crippen LogP contribution in [0.25, 0.3) is 88.3 Å². The Bertz CT molecular complexity index is 3400. The third kappa shape index (κ3) is 4.56. The number of hydrogen-bond acceptors (Lipinski definition) is 1. The van der Waals surface area contributed by atoms with E-state index in [1.54, 1.807) is 48.5 Å². The van der Waals surface area contributed by atoms with Gasteiger partial charge >= 0.3 is 0 Å². The summed E-state index contributed by atoms with van der Waals surface area (Å²) >= 11 is 0. The maximum atomic E-state index is 9.55. The van der Waals surface area contributed by atoms with Crippen LogP contribution >= 0.6 is 0 Å². The Morgan fingerprint density at radius 1 is 0.362 bits per heavy atom. The van der Waals surface area contributed by atoms with E-state index in [9.17, 15) is 8.22 Å². The molecular weight excluding hydrogens is 569 g/mol. The van der Waals surface area contributed by atoms with Gasteiger partial charge in [-0.15, -0.1) is 0 Å². The first-order valence-electron chi connectivity index (χ1n) is 23.2. The number of rotatable bonds is 5. The second-order valence-electron chi connectivity index (χ2n) is 10.7. The Balaban J connectivity index is 1.62. The summed E-state index contributed by atoms with van der Waals surface area (Å²) in [6.07, 6.45) is 0. The van der Waals surface area contributed by atoms with Crippen LogP contribution in [0.3, 0.4) is 0 Å². The molecular formula is C46H30O. The van der Waals surface area contributed by atoms with Crippen molar-refractivity contribution in [3.63, 3.8) is 0 Å². The fourth-order valence-electron chi connectivity index (χ4n) is 6.14. The minimum atomic E-state index is -0.800. The third-order valence-electron chi connectivity index (χ3n) is 8.15. The zero-order chi connectivity index (χ0) is 46.0. The van der Waals surface area contributed by atoms with Crippen molar-refractivity contribution in [2.24, 2.45) is 0 Å². The molecule has 0 unspecified atom stereocenters. The highest BCUT2D eigenvalue weighted by Gasteiger charge is 2.25. The van der Waals surface area contributed by atoms with Crippen LogP contribution in [0.5, 0.6) is 0 Å². The molecule has 0 saturated heterocycles. The number of hydrogen-bond donors (Lipinski definition) is 0. The molecule has 0 radical (unpaired) electrons. The smallest absolute Gasteiger partial charge is 0.143 e. The average molecular weight is 616 g/mol. The Morgan fingerprint density at radius 3 is 1.53 bits per heavy atom. The van der Waals surface area contributed by atoms with Gasteiger partial charge in [0.05, 0.1) is 23.3 Å². The largest absolute Gasteiger partial charge is 0.455 e. The molecule has 0 aliphatic heterocycles. The molecule has 0 bridgehead atoms. The average Bonchev–Trinajstić information content (AvgIpc) is 3.68. The van der Waals surface area contributed by atoms with Crippen molar-refractivity contribution >= 4 is 32.5 Å². The summed E-state index contributed by atoms with van der Waals surface area (Å²) in [7, 11) is 0. The zero-order valence-electron chi connectivity index (χ0n) is 41.4. The first-order valence-corrected chi connectivity index (χ1v) is 14.7. The van der Waals surface area contributed by atoms with Crippen LogP contribution in [-0.2, 0) is 0 Å². The summed E-state index contributed by atoms with van der Waals surface area (Å²) in [5, 5.41) is -0.463.